The first-order chi connectivity index (χ1) is 15.8. The summed E-state index contributed by atoms with van der Waals surface area (Å²) in [5.41, 5.74) is 2.90. The van der Waals surface area contributed by atoms with Gasteiger partial charge in [-0.3, -0.25) is 14.6 Å². The molecule has 0 radical (unpaired) electrons. The molecule has 3 rings (SSSR count). The van der Waals surface area contributed by atoms with E-state index in [1.54, 1.807) is 12.1 Å². The molecule has 7 heteroatoms. The van der Waals surface area contributed by atoms with Crippen molar-refractivity contribution in [3.8, 4) is 0 Å². The van der Waals surface area contributed by atoms with Crippen molar-refractivity contribution in [2.24, 2.45) is 0 Å². The number of aromatic nitrogens is 1. The summed E-state index contributed by atoms with van der Waals surface area (Å²) in [6.45, 7) is 1.36. The number of non-ortho nitro benzene ring substituents is 1. The Balaban J connectivity index is 1.27. The predicted molar refractivity (Wildman–Crippen MR) is 133 cm³/mol. The first kappa shape index (κ1) is 24.5. The van der Waals surface area contributed by atoms with E-state index in [0.717, 1.165) is 61.7 Å². The highest BCUT2D eigenvalue weighted by Crippen LogP contribution is 2.22. The van der Waals surface area contributed by atoms with Gasteiger partial charge in [0.25, 0.3) is 5.69 Å². The summed E-state index contributed by atoms with van der Waals surface area (Å²) in [6, 6.07) is 14.5. The molecule has 0 amide bonds. The Bertz CT molecular complexity index is 1080. The molecule has 2 aromatic carbocycles. The largest absolute Gasteiger partial charge is 0.462 e. The molecule has 0 saturated heterocycles. The molecule has 176 valence electrons. The van der Waals surface area contributed by atoms with Crippen LogP contribution in [0.4, 0.5) is 11.4 Å². The Morgan fingerprint density at radius 1 is 0.939 bits per heavy atom. The number of unbranched alkanes of at least 4 members (excludes halogenated alkanes) is 5. The third-order valence-electron chi connectivity index (χ3n) is 5.87. The number of hydrogen-bond donors (Lipinski definition) is 0. The molecular weight excluding hydrogens is 418 g/mol. The van der Waals surface area contributed by atoms with Gasteiger partial charge < -0.3 is 9.30 Å². The zero-order valence-corrected chi connectivity index (χ0v) is 19.8. The molecule has 0 N–H and O–H groups in total. The second-order valence-corrected chi connectivity index (χ2v) is 9.33. The van der Waals surface area contributed by atoms with Crippen molar-refractivity contribution in [2.45, 2.75) is 45.1 Å². The van der Waals surface area contributed by atoms with Crippen LogP contribution < -0.4 is 4.48 Å². The van der Waals surface area contributed by atoms with E-state index in [1.807, 2.05) is 42.6 Å². The normalized spacial score (nSPS) is 11.6. The number of hydrogen-bond acceptors (Lipinski definition) is 4. The summed E-state index contributed by atoms with van der Waals surface area (Å²) in [6.07, 6.45) is 8.38. The minimum atomic E-state index is -0.360. The summed E-state index contributed by atoms with van der Waals surface area (Å²) < 4.78 is 8.27. The molecule has 0 atom stereocenters. The van der Waals surface area contributed by atoms with Gasteiger partial charge in [0, 0.05) is 35.8 Å². The fourth-order valence-corrected chi connectivity index (χ4v) is 3.88. The highest BCUT2D eigenvalue weighted by atomic mass is 16.6. The third kappa shape index (κ3) is 6.89. The van der Waals surface area contributed by atoms with Gasteiger partial charge in [-0.25, -0.2) is 4.79 Å². The maximum Gasteiger partial charge on any atom is 0.338 e. The SMILES string of the molecule is C[N+](C)(C)c1ccc(C(=O)OCCCCCCCCn2ccc3cc([N+](=O)[O-])ccc32)cc1. The fourth-order valence-electron chi connectivity index (χ4n) is 3.88. The Morgan fingerprint density at radius 3 is 2.27 bits per heavy atom. The number of esters is 1. The van der Waals surface area contributed by atoms with Crippen LogP contribution in [0.3, 0.4) is 0 Å². The average Bonchev–Trinajstić information content (AvgIpc) is 3.19. The van der Waals surface area contributed by atoms with Crippen LogP contribution >= 0.6 is 0 Å². The van der Waals surface area contributed by atoms with Crippen LogP contribution in [0.2, 0.25) is 0 Å². The van der Waals surface area contributed by atoms with Crippen LogP contribution in [0.1, 0.15) is 48.9 Å². The number of fused-ring (bicyclic) bond motifs is 1. The van der Waals surface area contributed by atoms with Gasteiger partial charge in [-0.2, -0.15) is 0 Å². The second-order valence-electron chi connectivity index (χ2n) is 9.33. The molecular formula is C26H34N3O4+. The number of nitro benzene ring substituents is 1. The monoisotopic (exact) mass is 452 g/mol. The topological polar surface area (TPSA) is 74.4 Å². The molecule has 0 unspecified atom stereocenters. The number of rotatable bonds is 12. The molecule has 0 aliphatic carbocycles. The average molecular weight is 453 g/mol. The number of carbonyl (C=O) groups is 1. The quantitative estimate of drug-likeness (QED) is 0.112. The van der Waals surface area contributed by atoms with Crippen LogP contribution in [0.5, 0.6) is 0 Å². The van der Waals surface area contributed by atoms with Gasteiger partial charge in [0.05, 0.1) is 38.2 Å². The Morgan fingerprint density at radius 2 is 1.61 bits per heavy atom. The van der Waals surface area contributed by atoms with Crippen LogP contribution in [0, 0.1) is 10.1 Å². The highest BCUT2D eigenvalue weighted by molar-refractivity contribution is 5.89. The lowest BCUT2D eigenvalue weighted by Crippen LogP contribution is -2.34. The summed E-state index contributed by atoms with van der Waals surface area (Å²) in [5.74, 6) is -0.257. The molecule has 0 spiro atoms. The molecule has 0 aliphatic rings. The summed E-state index contributed by atoms with van der Waals surface area (Å²) in [5, 5.41) is 11.8. The third-order valence-corrected chi connectivity index (χ3v) is 5.87. The number of quaternary nitrogens is 1. The van der Waals surface area contributed by atoms with Crippen molar-refractivity contribution in [1.29, 1.82) is 0 Å². The maximum atomic E-state index is 12.2. The van der Waals surface area contributed by atoms with E-state index in [4.69, 9.17) is 4.74 Å². The zero-order valence-electron chi connectivity index (χ0n) is 19.8. The van der Waals surface area contributed by atoms with Crippen LogP contribution in [-0.4, -0.2) is 43.2 Å². The lowest BCUT2D eigenvalue weighted by atomic mass is 10.1. The lowest BCUT2D eigenvalue weighted by Gasteiger charge is -2.23. The Hall–Kier alpha value is -3.19. The van der Waals surface area contributed by atoms with E-state index in [0.29, 0.717) is 16.7 Å². The minimum absolute atomic E-state index is 0.128. The van der Waals surface area contributed by atoms with Crippen molar-refractivity contribution in [2.75, 3.05) is 27.7 Å². The maximum absolute atomic E-state index is 12.2. The smallest absolute Gasteiger partial charge is 0.338 e. The summed E-state index contributed by atoms with van der Waals surface area (Å²) in [7, 11) is 6.27. The molecule has 33 heavy (non-hydrogen) atoms. The van der Waals surface area contributed by atoms with Gasteiger partial charge in [0.2, 0.25) is 0 Å². The molecule has 0 saturated carbocycles. The lowest BCUT2D eigenvalue weighted by molar-refractivity contribution is -0.384. The number of benzene rings is 2. The molecule has 0 bridgehead atoms. The van der Waals surface area contributed by atoms with Gasteiger partial charge in [-0.05, 0) is 49.2 Å². The number of ether oxygens (including phenoxy) is 1. The molecule has 0 aliphatic heterocycles. The number of nitrogens with zero attached hydrogens (tertiary/aromatic N) is 3. The molecule has 7 nitrogen and oxygen atoms in total. The molecule has 1 heterocycles. The second kappa shape index (κ2) is 11.1. The van der Waals surface area contributed by atoms with Gasteiger partial charge in [0.15, 0.2) is 0 Å². The van der Waals surface area contributed by atoms with Crippen molar-refractivity contribution < 1.29 is 14.5 Å². The van der Waals surface area contributed by atoms with E-state index in [-0.39, 0.29) is 16.6 Å². The molecule has 1 aromatic heterocycles. The van der Waals surface area contributed by atoms with E-state index in [1.165, 1.54) is 0 Å². The molecule has 3 aromatic rings. The van der Waals surface area contributed by atoms with Crippen molar-refractivity contribution in [3.63, 3.8) is 0 Å². The van der Waals surface area contributed by atoms with Gasteiger partial charge in [0.1, 0.15) is 5.69 Å². The number of nitro groups is 1. The molecule has 0 fully saturated rings. The van der Waals surface area contributed by atoms with E-state index in [2.05, 4.69) is 25.7 Å². The van der Waals surface area contributed by atoms with Gasteiger partial charge in [-0.15, -0.1) is 0 Å². The van der Waals surface area contributed by atoms with Gasteiger partial charge >= 0.3 is 5.97 Å². The summed E-state index contributed by atoms with van der Waals surface area (Å²) in [4.78, 5) is 22.7. The zero-order chi connectivity index (χ0) is 23.8. The Labute approximate surface area is 195 Å². The number of aryl methyl sites for hydroxylation is 1. The van der Waals surface area contributed by atoms with Crippen LogP contribution in [0.15, 0.2) is 54.7 Å². The predicted octanol–water partition coefficient (Wildman–Crippen LogP) is 5.94. The van der Waals surface area contributed by atoms with E-state index >= 15 is 0 Å². The van der Waals surface area contributed by atoms with Crippen molar-refractivity contribution >= 4 is 28.2 Å². The fraction of sp³-hybridized carbons (Fsp3) is 0.423. The van der Waals surface area contributed by atoms with E-state index in [9.17, 15) is 14.9 Å². The van der Waals surface area contributed by atoms with Gasteiger partial charge in [-0.1, -0.05) is 25.7 Å². The highest BCUT2D eigenvalue weighted by Gasteiger charge is 2.14. The first-order valence-corrected chi connectivity index (χ1v) is 11.6. The van der Waals surface area contributed by atoms with Crippen molar-refractivity contribution in [3.05, 3.63) is 70.4 Å². The van der Waals surface area contributed by atoms with Crippen molar-refractivity contribution in [1.82, 2.24) is 9.05 Å². The Kier molecular flexibility index (Phi) is 8.22. The van der Waals surface area contributed by atoms with E-state index < -0.39 is 0 Å². The van der Waals surface area contributed by atoms with Crippen LogP contribution in [0.25, 0.3) is 10.9 Å². The van der Waals surface area contributed by atoms with Crippen LogP contribution in [-0.2, 0) is 11.3 Å². The number of carbonyl (C=O) groups excluding carboxylic acids is 1. The summed E-state index contributed by atoms with van der Waals surface area (Å²) >= 11 is 0. The first-order valence-electron chi connectivity index (χ1n) is 11.6. The minimum Gasteiger partial charge on any atom is -0.462 e. The standard InChI is InChI=1S/C26H34N3O4/c1-29(2,3)24-13-10-21(11-14-24)26(30)33-19-9-7-5-4-6-8-17-27-18-16-22-20-23(28(31)32)12-15-25(22)27/h10-16,18,20H,4-9,17,19H2,1-3H3/q+1.